The molecular weight excluding hydrogens is 389 g/mol. The van der Waals surface area contributed by atoms with E-state index in [1.807, 2.05) is 19.1 Å². The van der Waals surface area contributed by atoms with Crippen LogP contribution in [0.2, 0.25) is 0 Å². The molecule has 2 aromatic carbocycles. The predicted octanol–water partition coefficient (Wildman–Crippen LogP) is 4.04. The second-order valence-electron chi connectivity index (χ2n) is 5.70. The highest BCUT2D eigenvalue weighted by Crippen LogP contribution is 2.37. The molecule has 4 nitrogen and oxygen atoms in total. The number of hydrogen-bond acceptors (Lipinski definition) is 4. The summed E-state index contributed by atoms with van der Waals surface area (Å²) in [6.07, 6.45) is -0.404. The maximum atomic E-state index is 13.8. The van der Waals surface area contributed by atoms with Crippen LogP contribution in [-0.4, -0.2) is 24.4 Å². The standard InChI is InChI=1S/C19H23BrFNO3/c1-3-24-18-9-14(11-22-10-13(2)23)8-16(20)19(18)25-12-15-6-4-5-7-17(15)21/h4-9,13,22-23H,3,10-12H2,1-2H3/t13-/m0/s1. The zero-order valence-electron chi connectivity index (χ0n) is 14.4. The van der Waals surface area contributed by atoms with Crippen LogP contribution in [0.5, 0.6) is 11.5 Å². The molecule has 0 fully saturated rings. The summed E-state index contributed by atoms with van der Waals surface area (Å²) in [5, 5.41) is 12.5. The number of ether oxygens (including phenoxy) is 2. The zero-order valence-corrected chi connectivity index (χ0v) is 16.0. The van der Waals surface area contributed by atoms with E-state index in [0.717, 1.165) is 10.0 Å². The Bertz CT molecular complexity index is 694. The van der Waals surface area contributed by atoms with Crippen molar-refractivity contribution >= 4 is 15.9 Å². The first kappa shape index (κ1) is 19.7. The minimum Gasteiger partial charge on any atom is -0.490 e. The van der Waals surface area contributed by atoms with Gasteiger partial charge in [0, 0.05) is 18.7 Å². The van der Waals surface area contributed by atoms with Crippen molar-refractivity contribution in [2.24, 2.45) is 0 Å². The minimum atomic E-state index is -0.404. The quantitative estimate of drug-likeness (QED) is 0.653. The highest BCUT2D eigenvalue weighted by molar-refractivity contribution is 9.10. The van der Waals surface area contributed by atoms with Crippen LogP contribution in [0, 0.1) is 5.82 Å². The summed E-state index contributed by atoms with van der Waals surface area (Å²) in [5.41, 5.74) is 1.48. The molecule has 0 aliphatic rings. The first-order chi connectivity index (χ1) is 12.0. The molecule has 6 heteroatoms. The van der Waals surface area contributed by atoms with Gasteiger partial charge in [0.25, 0.3) is 0 Å². The average Bonchev–Trinajstić information content (AvgIpc) is 2.55. The SMILES string of the molecule is CCOc1cc(CNC[C@H](C)O)cc(Br)c1OCc1ccccc1F. The number of aliphatic hydroxyl groups is 1. The van der Waals surface area contributed by atoms with Gasteiger partial charge in [-0.2, -0.15) is 0 Å². The topological polar surface area (TPSA) is 50.7 Å². The Morgan fingerprint density at radius 1 is 1.24 bits per heavy atom. The average molecular weight is 412 g/mol. The molecule has 0 bridgehead atoms. The highest BCUT2D eigenvalue weighted by atomic mass is 79.9. The molecule has 2 aromatic rings. The van der Waals surface area contributed by atoms with Crippen molar-refractivity contribution in [2.75, 3.05) is 13.2 Å². The number of halogens is 2. The van der Waals surface area contributed by atoms with Crippen LogP contribution in [0.4, 0.5) is 4.39 Å². The lowest BCUT2D eigenvalue weighted by atomic mass is 10.2. The van der Waals surface area contributed by atoms with E-state index in [-0.39, 0.29) is 12.4 Å². The molecule has 0 radical (unpaired) electrons. The Morgan fingerprint density at radius 2 is 2.00 bits per heavy atom. The summed E-state index contributed by atoms with van der Waals surface area (Å²) >= 11 is 3.51. The predicted molar refractivity (Wildman–Crippen MR) is 99.4 cm³/mol. The van der Waals surface area contributed by atoms with E-state index in [2.05, 4.69) is 21.2 Å². The van der Waals surface area contributed by atoms with E-state index in [1.54, 1.807) is 25.1 Å². The summed E-state index contributed by atoms with van der Waals surface area (Å²) in [4.78, 5) is 0. The molecule has 0 aliphatic heterocycles. The fourth-order valence-corrected chi connectivity index (χ4v) is 2.92. The van der Waals surface area contributed by atoms with E-state index in [4.69, 9.17) is 9.47 Å². The van der Waals surface area contributed by atoms with Crippen LogP contribution >= 0.6 is 15.9 Å². The molecule has 2 N–H and O–H groups in total. The van der Waals surface area contributed by atoms with Crippen molar-refractivity contribution in [1.29, 1.82) is 0 Å². The van der Waals surface area contributed by atoms with Crippen LogP contribution in [0.25, 0.3) is 0 Å². The summed E-state index contributed by atoms with van der Waals surface area (Å²) in [5.74, 6) is 0.849. The van der Waals surface area contributed by atoms with Gasteiger partial charge < -0.3 is 19.9 Å². The van der Waals surface area contributed by atoms with Crippen molar-refractivity contribution in [3.8, 4) is 11.5 Å². The fraction of sp³-hybridized carbons (Fsp3) is 0.368. The molecule has 0 saturated heterocycles. The molecule has 0 unspecified atom stereocenters. The smallest absolute Gasteiger partial charge is 0.175 e. The maximum absolute atomic E-state index is 13.8. The van der Waals surface area contributed by atoms with E-state index in [1.165, 1.54) is 6.07 Å². The third-order valence-corrected chi connectivity index (χ3v) is 4.06. The van der Waals surface area contributed by atoms with E-state index in [9.17, 15) is 9.50 Å². The first-order valence-corrected chi connectivity index (χ1v) is 9.00. The second kappa shape index (κ2) is 9.75. The highest BCUT2D eigenvalue weighted by Gasteiger charge is 2.13. The molecule has 2 rings (SSSR count). The molecule has 0 spiro atoms. The van der Waals surface area contributed by atoms with E-state index < -0.39 is 6.10 Å². The number of hydrogen-bond donors (Lipinski definition) is 2. The van der Waals surface area contributed by atoms with Gasteiger partial charge in [0.05, 0.1) is 17.2 Å². The van der Waals surface area contributed by atoms with Gasteiger partial charge in [-0.25, -0.2) is 4.39 Å². The van der Waals surface area contributed by atoms with Gasteiger partial charge in [-0.05, 0) is 53.5 Å². The molecule has 25 heavy (non-hydrogen) atoms. The van der Waals surface area contributed by atoms with Crippen molar-refractivity contribution in [2.45, 2.75) is 33.1 Å². The van der Waals surface area contributed by atoms with Crippen LogP contribution in [0.3, 0.4) is 0 Å². The Labute approximate surface area is 156 Å². The normalized spacial score (nSPS) is 12.0. The number of nitrogens with one attached hydrogen (secondary N) is 1. The number of benzene rings is 2. The lowest BCUT2D eigenvalue weighted by Gasteiger charge is -2.16. The van der Waals surface area contributed by atoms with E-state index >= 15 is 0 Å². The molecule has 0 heterocycles. The molecule has 0 aliphatic carbocycles. The molecule has 0 amide bonds. The molecule has 136 valence electrons. The van der Waals surface area contributed by atoms with Gasteiger partial charge >= 0.3 is 0 Å². The van der Waals surface area contributed by atoms with Crippen molar-refractivity contribution in [3.05, 3.63) is 57.8 Å². The van der Waals surface area contributed by atoms with Gasteiger partial charge in [-0.3, -0.25) is 0 Å². The molecular formula is C19H23BrFNO3. The van der Waals surface area contributed by atoms with Crippen LogP contribution in [0.15, 0.2) is 40.9 Å². The molecule has 1 atom stereocenters. The lowest BCUT2D eigenvalue weighted by Crippen LogP contribution is -2.23. The Morgan fingerprint density at radius 3 is 2.68 bits per heavy atom. The lowest BCUT2D eigenvalue weighted by molar-refractivity contribution is 0.191. The van der Waals surface area contributed by atoms with Gasteiger partial charge in [0.1, 0.15) is 12.4 Å². The zero-order chi connectivity index (χ0) is 18.2. The number of rotatable bonds is 9. The summed E-state index contributed by atoms with van der Waals surface area (Å²) < 4.78 is 26.0. The van der Waals surface area contributed by atoms with Gasteiger partial charge in [-0.1, -0.05) is 18.2 Å². The fourth-order valence-electron chi connectivity index (χ4n) is 2.32. The van der Waals surface area contributed by atoms with Gasteiger partial charge in [0.15, 0.2) is 11.5 Å². The van der Waals surface area contributed by atoms with Crippen molar-refractivity contribution in [3.63, 3.8) is 0 Å². The van der Waals surface area contributed by atoms with Crippen LogP contribution < -0.4 is 14.8 Å². The van der Waals surface area contributed by atoms with Crippen molar-refractivity contribution in [1.82, 2.24) is 5.32 Å². The monoisotopic (exact) mass is 411 g/mol. The Kier molecular flexibility index (Phi) is 7.68. The number of aliphatic hydroxyl groups excluding tert-OH is 1. The Balaban J connectivity index is 2.14. The third-order valence-electron chi connectivity index (χ3n) is 3.47. The molecule has 0 aromatic heterocycles. The van der Waals surface area contributed by atoms with Gasteiger partial charge in [0.2, 0.25) is 0 Å². The largest absolute Gasteiger partial charge is 0.490 e. The Hall–Kier alpha value is -1.63. The summed E-state index contributed by atoms with van der Waals surface area (Å²) in [6, 6.07) is 10.3. The summed E-state index contributed by atoms with van der Waals surface area (Å²) in [6.45, 7) is 5.34. The first-order valence-electron chi connectivity index (χ1n) is 8.21. The molecule has 0 saturated carbocycles. The third kappa shape index (κ3) is 5.99. The van der Waals surface area contributed by atoms with Gasteiger partial charge in [-0.15, -0.1) is 0 Å². The second-order valence-corrected chi connectivity index (χ2v) is 6.55. The van der Waals surface area contributed by atoms with Crippen LogP contribution in [0.1, 0.15) is 25.0 Å². The summed E-state index contributed by atoms with van der Waals surface area (Å²) in [7, 11) is 0. The minimum absolute atomic E-state index is 0.116. The van der Waals surface area contributed by atoms with Crippen molar-refractivity contribution < 1.29 is 19.0 Å². The van der Waals surface area contributed by atoms with E-state index in [0.29, 0.717) is 36.8 Å². The van der Waals surface area contributed by atoms with Crippen LogP contribution in [-0.2, 0) is 13.2 Å². The maximum Gasteiger partial charge on any atom is 0.175 e.